The quantitative estimate of drug-likeness (QED) is 0.859. The maximum Gasteiger partial charge on any atom is 0.410 e. The maximum atomic E-state index is 11.8. The first-order chi connectivity index (χ1) is 9.20. The van der Waals surface area contributed by atoms with Gasteiger partial charge in [-0.15, -0.1) is 0 Å². The fourth-order valence-corrected chi connectivity index (χ4v) is 1.93. The summed E-state index contributed by atoms with van der Waals surface area (Å²) in [7, 11) is 1.49. The second kappa shape index (κ2) is 8.12. The van der Waals surface area contributed by atoms with Gasteiger partial charge in [-0.1, -0.05) is 33.1 Å². The Labute approximate surface area is 122 Å². The lowest BCUT2D eigenvalue weighted by molar-refractivity contribution is -0.143. The Morgan fingerprint density at radius 2 is 1.80 bits per heavy atom. The Morgan fingerprint density at radius 3 is 2.10 bits per heavy atom. The van der Waals surface area contributed by atoms with Crippen LogP contribution in [0.1, 0.15) is 60.3 Å². The second-order valence-electron chi connectivity index (χ2n) is 5.98. The van der Waals surface area contributed by atoms with E-state index in [0.717, 1.165) is 19.3 Å². The van der Waals surface area contributed by atoms with Gasteiger partial charge in [-0.2, -0.15) is 0 Å². The summed E-state index contributed by atoms with van der Waals surface area (Å²) in [5.74, 6) is -0.536. The summed E-state index contributed by atoms with van der Waals surface area (Å²) in [5, 5.41) is 9.21. The van der Waals surface area contributed by atoms with Gasteiger partial charge in [-0.25, -0.2) is 9.59 Å². The van der Waals surface area contributed by atoms with Crippen LogP contribution in [0.4, 0.5) is 4.79 Å². The van der Waals surface area contributed by atoms with Gasteiger partial charge in [0.05, 0.1) is 0 Å². The van der Waals surface area contributed by atoms with Gasteiger partial charge in [0.2, 0.25) is 0 Å². The third-order valence-corrected chi connectivity index (χ3v) is 3.22. The molecule has 1 aliphatic rings. The molecule has 20 heavy (non-hydrogen) atoms. The van der Waals surface area contributed by atoms with E-state index in [2.05, 4.69) is 0 Å². The molecule has 5 heteroatoms. The predicted molar refractivity (Wildman–Crippen MR) is 78.7 cm³/mol. The van der Waals surface area contributed by atoms with Crippen LogP contribution in [0.3, 0.4) is 0 Å². The van der Waals surface area contributed by atoms with E-state index in [-0.39, 0.29) is 0 Å². The Hall–Kier alpha value is -1.26. The van der Waals surface area contributed by atoms with Crippen molar-refractivity contribution in [1.29, 1.82) is 0 Å². The SMILES string of the molecule is CC.CN(C(=O)OC(C)(C)C)[C@@H](CC1CCC1)C(=O)O. The maximum absolute atomic E-state index is 11.8. The van der Waals surface area contributed by atoms with Gasteiger partial charge in [-0.05, 0) is 33.1 Å². The van der Waals surface area contributed by atoms with Crippen LogP contribution in [0.5, 0.6) is 0 Å². The average molecular weight is 287 g/mol. The highest BCUT2D eigenvalue weighted by atomic mass is 16.6. The topological polar surface area (TPSA) is 66.8 Å². The van der Waals surface area contributed by atoms with Gasteiger partial charge >= 0.3 is 12.1 Å². The Bertz CT molecular complexity index is 318. The summed E-state index contributed by atoms with van der Waals surface area (Å²) >= 11 is 0. The van der Waals surface area contributed by atoms with Crippen molar-refractivity contribution in [1.82, 2.24) is 4.90 Å². The van der Waals surface area contributed by atoms with Crippen molar-refractivity contribution in [2.45, 2.75) is 71.9 Å². The molecular formula is C15H29NO4. The summed E-state index contributed by atoms with van der Waals surface area (Å²) in [6, 6.07) is -0.787. The van der Waals surface area contributed by atoms with Crippen molar-refractivity contribution < 1.29 is 19.4 Å². The summed E-state index contributed by atoms with van der Waals surface area (Å²) in [6.45, 7) is 9.29. The van der Waals surface area contributed by atoms with E-state index in [4.69, 9.17) is 4.74 Å². The smallest absolute Gasteiger partial charge is 0.410 e. The van der Waals surface area contributed by atoms with Gasteiger partial charge < -0.3 is 9.84 Å². The zero-order chi connectivity index (χ0) is 15.9. The van der Waals surface area contributed by atoms with Crippen molar-refractivity contribution in [2.24, 2.45) is 5.92 Å². The van der Waals surface area contributed by atoms with Crippen molar-refractivity contribution >= 4 is 12.1 Å². The van der Waals surface area contributed by atoms with Crippen molar-refractivity contribution in [2.75, 3.05) is 7.05 Å². The van der Waals surface area contributed by atoms with E-state index >= 15 is 0 Å². The molecule has 0 saturated heterocycles. The molecule has 0 heterocycles. The van der Waals surface area contributed by atoms with Crippen LogP contribution >= 0.6 is 0 Å². The van der Waals surface area contributed by atoms with Crippen LogP contribution in [0.2, 0.25) is 0 Å². The molecule has 0 aromatic carbocycles. The fraction of sp³-hybridized carbons (Fsp3) is 0.867. The molecule has 1 rings (SSSR count). The molecule has 1 aliphatic carbocycles. The first-order valence-corrected chi connectivity index (χ1v) is 7.39. The molecule has 0 spiro atoms. The summed E-state index contributed by atoms with van der Waals surface area (Å²) < 4.78 is 5.19. The lowest BCUT2D eigenvalue weighted by Crippen LogP contribution is -2.46. The van der Waals surface area contributed by atoms with Crippen molar-refractivity contribution in [3.05, 3.63) is 0 Å². The van der Waals surface area contributed by atoms with Gasteiger partial charge in [0, 0.05) is 7.05 Å². The van der Waals surface area contributed by atoms with Gasteiger partial charge in [0.15, 0.2) is 0 Å². The van der Waals surface area contributed by atoms with Gasteiger partial charge in [0.25, 0.3) is 0 Å². The number of amides is 1. The molecule has 1 N–H and O–H groups in total. The lowest BCUT2D eigenvalue weighted by atomic mass is 9.80. The molecule has 0 radical (unpaired) electrons. The summed E-state index contributed by atoms with van der Waals surface area (Å²) in [4.78, 5) is 24.3. The van der Waals surface area contributed by atoms with E-state index in [1.165, 1.54) is 11.9 Å². The van der Waals surface area contributed by atoms with E-state index in [9.17, 15) is 14.7 Å². The van der Waals surface area contributed by atoms with E-state index in [0.29, 0.717) is 12.3 Å². The predicted octanol–water partition coefficient (Wildman–Crippen LogP) is 3.52. The first-order valence-electron chi connectivity index (χ1n) is 7.39. The highest BCUT2D eigenvalue weighted by Gasteiger charge is 2.33. The van der Waals surface area contributed by atoms with Crippen LogP contribution < -0.4 is 0 Å². The number of nitrogens with zero attached hydrogens (tertiary/aromatic N) is 1. The minimum absolute atomic E-state index is 0.427. The zero-order valence-corrected chi connectivity index (χ0v) is 13.6. The Balaban J connectivity index is 0.00000172. The number of aliphatic carboxylic acids is 1. The molecule has 1 atom stereocenters. The highest BCUT2D eigenvalue weighted by Crippen LogP contribution is 2.31. The number of carbonyl (C=O) groups is 2. The van der Waals surface area contributed by atoms with Gasteiger partial charge in [-0.3, -0.25) is 4.90 Å². The first kappa shape index (κ1) is 18.7. The number of carbonyl (C=O) groups excluding carboxylic acids is 1. The minimum Gasteiger partial charge on any atom is -0.480 e. The van der Waals surface area contributed by atoms with Crippen molar-refractivity contribution in [3.8, 4) is 0 Å². The molecule has 118 valence electrons. The summed E-state index contributed by atoms with van der Waals surface area (Å²) in [5.41, 5.74) is -0.606. The average Bonchev–Trinajstić information content (AvgIpc) is 2.26. The number of carboxylic acids is 1. The van der Waals surface area contributed by atoms with Gasteiger partial charge in [0.1, 0.15) is 11.6 Å². The molecule has 0 aromatic heterocycles. The Kier molecular flexibility index (Phi) is 7.61. The van der Waals surface area contributed by atoms with E-state index in [1.54, 1.807) is 20.8 Å². The lowest BCUT2D eigenvalue weighted by Gasteiger charge is -2.33. The molecule has 1 fully saturated rings. The normalized spacial score (nSPS) is 16.3. The molecule has 0 unspecified atom stereocenters. The monoisotopic (exact) mass is 287 g/mol. The van der Waals surface area contributed by atoms with E-state index in [1.807, 2.05) is 13.8 Å². The van der Waals surface area contributed by atoms with E-state index < -0.39 is 23.7 Å². The number of hydrogen-bond acceptors (Lipinski definition) is 3. The molecule has 0 bridgehead atoms. The van der Waals surface area contributed by atoms with Crippen LogP contribution in [-0.2, 0) is 9.53 Å². The number of carboxylic acid groups (broad SMARTS) is 1. The molecule has 0 aliphatic heterocycles. The number of likely N-dealkylation sites (N-methyl/N-ethyl adjacent to an activating group) is 1. The molecule has 5 nitrogen and oxygen atoms in total. The molecule has 1 saturated carbocycles. The molecular weight excluding hydrogens is 258 g/mol. The standard InChI is InChI=1S/C13H23NO4.C2H6/c1-13(2,3)18-12(17)14(4)10(11(15)16)8-9-6-5-7-9;1-2/h9-10H,5-8H2,1-4H3,(H,15,16);1-2H3/t10-;/m0./s1. The molecule has 1 amide bonds. The number of rotatable bonds is 4. The third kappa shape index (κ3) is 6.26. The Morgan fingerprint density at radius 1 is 1.30 bits per heavy atom. The van der Waals surface area contributed by atoms with Crippen LogP contribution in [0.15, 0.2) is 0 Å². The number of hydrogen-bond donors (Lipinski definition) is 1. The third-order valence-electron chi connectivity index (χ3n) is 3.22. The van der Waals surface area contributed by atoms with Crippen LogP contribution in [0, 0.1) is 5.92 Å². The largest absolute Gasteiger partial charge is 0.480 e. The van der Waals surface area contributed by atoms with Crippen LogP contribution in [-0.4, -0.2) is 40.8 Å². The highest BCUT2D eigenvalue weighted by molar-refractivity contribution is 5.80. The minimum atomic E-state index is -0.963. The summed E-state index contributed by atoms with van der Waals surface area (Å²) in [6.07, 6.45) is 3.23. The molecule has 0 aromatic rings. The zero-order valence-electron chi connectivity index (χ0n) is 13.6. The fourth-order valence-electron chi connectivity index (χ4n) is 1.93. The van der Waals surface area contributed by atoms with Crippen molar-refractivity contribution in [3.63, 3.8) is 0 Å². The number of ether oxygens (including phenoxy) is 1. The van der Waals surface area contributed by atoms with Crippen LogP contribution in [0.25, 0.3) is 0 Å². The second-order valence-corrected chi connectivity index (χ2v) is 5.98.